The van der Waals surface area contributed by atoms with E-state index in [1.165, 1.54) is 0 Å². The zero-order chi connectivity index (χ0) is 14.0. The van der Waals surface area contributed by atoms with E-state index in [-0.39, 0.29) is 6.04 Å². The molecule has 0 radical (unpaired) electrons. The highest BCUT2D eigenvalue weighted by Crippen LogP contribution is 2.34. The van der Waals surface area contributed by atoms with Gasteiger partial charge in [0.15, 0.2) is 11.5 Å². The molecule has 0 saturated heterocycles. The van der Waals surface area contributed by atoms with Gasteiger partial charge in [0, 0.05) is 19.2 Å². The quantitative estimate of drug-likeness (QED) is 0.893. The van der Waals surface area contributed by atoms with Crippen LogP contribution in [0.4, 0.5) is 5.95 Å². The van der Waals surface area contributed by atoms with E-state index >= 15 is 0 Å². The number of nitrogens with zero attached hydrogens (tertiary/aromatic N) is 2. The minimum absolute atomic E-state index is 0.0908. The van der Waals surface area contributed by atoms with Crippen LogP contribution in [0.15, 0.2) is 12.1 Å². The van der Waals surface area contributed by atoms with Crippen molar-refractivity contribution in [2.24, 2.45) is 0 Å². The number of imidazole rings is 1. The van der Waals surface area contributed by atoms with Crippen molar-refractivity contribution in [3.63, 3.8) is 0 Å². The zero-order valence-corrected chi connectivity index (χ0v) is 11.6. The van der Waals surface area contributed by atoms with Gasteiger partial charge >= 0.3 is 0 Å². The molecule has 6 heteroatoms. The van der Waals surface area contributed by atoms with E-state index in [9.17, 15) is 0 Å². The minimum atomic E-state index is 0.0908. The largest absolute Gasteiger partial charge is 0.493 e. The second kappa shape index (κ2) is 5.36. The lowest BCUT2D eigenvalue weighted by atomic mass is 10.2. The van der Waals surface area contributed by atoms with Crippen LogP contribution in [-0.2, 0) is 4.74 Å². The molecular weight excluding hydrogens is 246 g/mol. The number of ether oxygens (including phenoxy) is 3. The summed E-state index contributed by atoms with van der Waals surface area (Å²) >= 11 is 0. The lowest BCUT2D eigenvalue weighted by Crippen LogP contribution is -2.13. The maximum atomic E-state index is 5.98. The molecule has 2 aromatic rings. The van der Waals surface area contributed by atoms with E-state index in [0.29, 0.717) is 24.1 Å². The molecule has 1 atom stereocenters. The maximum absolute atomic E-state index is 5.98. The van der Waals surface area contributed by atoms with Crippen LogP contribution in [-0.4, -0.2) is 37.5 Å². The smallest absolute Gasteiger partial charge is 0.201 e. The first kappa shape index (κ1) is 13.5. The standard InChI is InChI=1S/C13H19N3O3/c1-8(7-17-2)16-10-6-12(19-4)11(18-3)5-9(10)15-13(16)14/h5-6,8H,7H2,1-4H3,(H2,14,15). The fourth-order valence-electron chi connectivity index (χ4n) is 2.22. The predicted octanol–water partition coefficient (Wildman–Crippen LogP) is 1.84. The van der Waals surface area contributed by atoms with Gasteiger partial charge in [0.25, 0.3) is 0 Å². The first-order valence-corrected chi connectivity index (χ1v) is 6.00. The number of benzene rings is 1. The Hall–Kier alpha value is -1.95. The Morgan fingerprint density at radius 1 is 1.21 bits per heavy atom. The number of hydrogen-bond acceptors (Lipinski definition) is 5. The lowest BCUT2D eigenvalue weighted by molar-refractivity contribution is 0.164. The molecule has 1 unspecified atom stereocenters. The number of rotatable bonds is 5. The molecule has 0 aliphatic rings. The summed E-state index contributed by atoms with van der Waals surface area (Å²) in [5.74, 6) is 1.75. The van der Waals surface area contributed by atoms with Gasteiger partial charge in [-0.25, -0.2) is 4.98 Å². The Labute approximate surface area is 112 Å². The molecule has 0 saturated carbocycles. The molecule has 0 amide bonds. The average Bonchev–Trinajstić information content (AvgIpc) is 2.72. The summed E-state index contributed by atoms with van der Waals surface area (Å²) in [4.78, 5) is 4.35. The van der Waals surface area contributed by atoms with Crippen LogP contribution in [0.25, 0.3) is 11.0 Å². The Bertz CT molecular complexity index is 580. The van der Waals surface area contributed by atoms with Gasteiger partial charge in [-0.1, -0.05) is 0 Å². The molecule has 0 fully saturated rings. The second-order valence-electron chi connectivity index (χ2n) is 4.34. The van der Waals surface area contributed by atoms with Crippen molar-refractivity contribution in [1.29, 1.82) is 0 Å². The molecule has 19 heavy (non-hydrogen) atoms. The summed E-state index contributed by atoms with van der Waals surface area (Å²) in [5.41, 5.74) is 7.66. The van der Waals surface area contributed by atoms with E-state index in [1.807, 2.05) is 23.6 Å². The van der Waals surface area contributed by atoms with Gasteiger partial charge in [-0.2, -0.15) is 0 Å². The van der Waals surface area contributed by atoms with Gasteiger partial charge in [0.2, 0.25) is 5.95 Å². The molecule has 1 aromatic carbocycles. The van der Waals surface area contributed by atoms with Gasteiger partial charge < -0.3 is 24.5 Å². The third-order valence-corrected chi connectivity index (χ3v) is 3.07. The van der Waals surface area contributed by atoms with Crippen LogP contribution in [0.1, 0.15) is 13.0 Å². The number of anilines is 1. The van der Waals surface area contributed by atoms with Crippen molar-refractivity contribution in [1.82, 2.24) is 9.55 Å². The van der Waals surface area contributed by atoms with E-state index in [0.717, 1.165) is 11.0 Å². The Morgan fingerprint density at radius 2 is 1.84 bits per heavy atom. The summed E-state index contributed by atoms with van der Waals surface area (Å²) in [6.45, 7) is 2.59. The molecule has 2 rings (SSSR count). The van der Waals surface area contributed by atoms with Gasteiger partial charge in [-0.3, -0.25) is 0 Å². The number of fused-ring (bicyclic) bond motifs is 1. The lowest BCUT2D eigenvalue weighted by Gasteiger charge is -2.15. The first-order chi connectivity index (χ1) is 9.12. The summed E-state index contributed by atoms with van der Waals surface area (Å²) in [5, 5.41) is 0. The van der Waals surface area contributed by atoms with Crippen LogP contribution >= 0.6 is 0 Å². The Balaban J connectivity index is 2.61. The molecule has 0 spiro atoms. The molecule has 6 nitrogen and oxygen atoms in total. The van der Waals surface area contributed by atoms with Crippen molar-refractivity contribution in [3.8, 4) is 11.5 Å². The van der Waals surface area contributed by atoms with Crippen molar-refractivity contribution >= 4 is 17.0 Å². The van der Waals surface area contributed by atoms with Crippen molar-refractivity contribution in [2.75, 3.05) is 33.7 Å². The van der Waals surface area contributed by atoms with Crippen LogP contribution in [0.3, 0.4) is 0 Å². The molecule has 0 aliphatic heterocycles. The van der Waals surface area contributed by atoms with E-state index in [1.54, 1.807) is 21.3 Å². The van der Waals surface area contributed by atoms with Crippen LogP contribution < -0.4 is 15.2 Å². The monoisotopic (exact) mass is 265 g/mol. The third kappa shape index (κ3) is 2.31. The molecule has 104 valence electrons. The van der Waals surface area contributed by atoms with Crippen LogP contribution in [0, 0.1) is 0 Å². The highest BCUT2D eigenvalue weighted by molar-refractivity contribution is 5.82. The molecule has 1 heterocycles. The topological polar surface area (TPSA) is 71.5 Å². The predicted molar refractivity (Wildman–Crippen MR) is 73.8 cm³/mol. The van der Waals surface area contributed by atoms with E-state index < -0.39 is 0 Å². The summed E-state index contributed by atoms with van der Waals surface area (Å²) in [6.07, 6.45) is 0. The number of methoxy groups -OCH3 is 3. The normalized spacial score (nSPS) is 12.6. The zero-order valence-electron chi connectivity index (χ0n) is 11.6. The molecular formula is C13H19N3O3. The van der Waals surface area contributed by atoms with Gasteiger partial charge in [-0.05, 0) is 6.92 Å². The van der Waals surface area contributed by atoms with Gasteiger partial charge in [-0.15, -0.1) is 0 Å². The Morgan fingerprint density at radius 3 is 2.42 bits per heavy atom. The fraction of sp³-hybridized carbons (Fsp3) is 0.462. The number of hydrogen-bond donors (Lipinski definition) is 1. The highest BCUT2D eigenvalue weighted by Gasteiger charge is 2.17. The van der Waals surface area contributed by atoms with Crippen molar-refractivity contribution < 1.29 is 14.2 Å². The summed E-state index contributed by atoms with van der Waals surface area (Å²) in [7, 11) is 4.86. The molecule has 0 aliphatic carbocycles. The van der Waals surface area contributed by atoms with E-state index in [4.69, 9.17) is 19.9 Å². The van der Waals surface area contributed by atoms with E-state index in [2.05, 4.69) is 4.98 Å². The molecule has 2 N–H and O–H groups in total. The second-order valence-corrected chi connectivity index (χ2v) is 4.34. The van der Waals surface area contributed by atoms with Crippen LogP contribution in [0.2, 0.25) is 0 Å². The third-order valence-electron chi connectivity index (χ3n) is 3.07. The maximum Gasteiger partial charge on any atom is 0.201 e. The number of aromatic nitrogens is 2. The number of nitrogen functional groups attached to an aromatic ring is 1. The average molecular weight is 265 g/mol. The van der Waals surface area contributed by atoms with Gasteiger partial charge in [0.05, 0.1) is 37.9 Å². The first-order valence-electron chi connectivity index (χ1n) is 6.00. The highest BCUT2D eigenvalue weighted by atomic mass is 16.5. The molecule has 1 aromatic heterocycles. The van der Waals surface area contributed by atoms with Gasteiger partial charge in [0.1, 0.15) is 0 Å². The van der Waals surface area contributed by atoms with Crippen molar-refractivity contribution in [3.05, 3.63) is 12.1 Å². The summed E-state index contributed by atoms with van der Waals surface area (Å²) < 4.78 is 17.7. The minimum Gasteiger partial charge on any atom is -0.493 e. The summed E-state index contributed by atoms with van der Waals surface area (Å²) in [6, 6.07) is 3.79. The molecule has 0 bridgehead atoms. The van der Waals surface area contributed by atoms with Crippen molar-refractivity contribution in [2.45, 2.75) is 13.0 Å². The fourth-order valence-corrected chi connectivity index (χ4v) is 2.22. The number of nitrogens with two attached hydrogens (primary N) is 1. The SMILES string of the molecule is COCC(C)n1c(N)nc2cc(OC)c(OC)cc21. The van der Waals surface area contributed by atoms with Crippen LogP contribution in [0.5, 0.6) is 11.5 Å². The Kier molecular flexibility index (Phi) is 3.80.